The number of sulfone groups is 1. The van der Waals surface area contributed by atoms with Crippen LogP contribution in [0.5, 0.6) is 0 Å². The van der Waals surface area contributed by atoms with Crippen LogP contribution in [0.3, 0.4) is 0 Å². The van der Waals surface area contributed by atoms with Gasteiger partial charge in [-0.3, -0.25) is 0 Å². The summed E-state index contributed by atoms with van der Waals surface area (Å²) in [6, 6.07) is 4.96. The molecule has 2 rings (SSSR count). The third kappa shape index (κ3) is 2.76. The highest BCUT2D eigenvalue weighted by Crippen LogP contribution is 2.38. The first kappa shape index (κ1) is 13.1. The normalized spacial score (nSPS) is 24.8. The first-order valence-electron chi connectivity index (χ1n) is 5.23. The van der Waals surface area contributed by atoms with Gasteiger partial charge in [0.25, 0.3) is 0 Å². The molecule has 1 saturated heterocycles. The SMILES string of the molecule is O=S1(=O)CCC(C(O)c2c(Cl)cccc2Cl)C1. The summed E-state index contributed by atoms with van der Waals surface area (Å²) in [5.41, 5.74) is 0.429. The predicted molar refractivity (Wildman–Crippen MR) is 68.2 cm³/mol. The van der Waals surface area contributed by atoms with E-state index in [1.54, 1.807) is 18.2 Å². The van der Waals surface area contributed by atoms with E-state index in [1.165, 1.54) is 0 Å². The van der Waals surface area contributed by atoms with Crippen molar-refractivity contribution in [2.45, 2.75) is 12.5 Å². The van der Waals surface area contributed by atoms with Gasteiger partial charge in [0, 0.05) is 21.5 Å². The van der Waals surface area contributed by atoms with Gasteiger partial charge in [0.2, 0.25) is 0 Å². The van der Waals surface area contributed by atoms with E-state index in [0.717, 1.165) is 0 Å². The van der Waals surface area contributed by atoms with E-state index in [0.29, 0.717) is 22.0 Å². The Morgan fingerprint density at radius 2 is 1.88 bits per heavy atom. The average Bonchev–Trinajstić information content (AvgIpc) is 2.58. The number of rotatable bonds is 2. The van der Waals surface area contributed by atoms with Crippen LogP contribution in [0, 0.1) is 5.92 Å². The molecule has 0 spiro atoms. The maximum atomic E-state index is 11.4. The molecule has 1 N–H and O–H groups in total. The van der Waals surface area contributed by atoms with Gasteiger partial charge in [-0.1, -0.05) is 29.3 Å². The Morgan fingerprint density at radius 3 is 2.35 bits per heavy atom. The molecule has 2 unspecified atom stereocenters. The van der Waals surface area contributed by atoms with Crippen LogP contribution < -0.4 is 0 Å². The summed E-state index contributed by atoms with van der Waals surface area (Å²) in [6.45, 7) is 0. The highest BCUT2D eigenvalue weighted by Gasteiger charge is 2.35. The lowest BCUT2D eigenvalue weighted by Gasteiger charge is -2.19. The minimum Gasteiger partial charge on any atom is -0.388 e. The molecule has 1 heterocycles. The Kier molecular flexibility index (Phi) is 3.69. The molecule has 2 atom stereocenters. The van der Waals surface area contributed by atoms with Crippen LogP contribution in [0.25, 0.3) is 0 Å². The molecule has 1 aliphatic rings. The van der Waals surface area contributed by atoms with Gasteiger partial charge in [-0.05, 0) is 18.6 Å². The summed E-state index contributed by atoms with van der Waals surface area (Å²) in [7, 11) is -3.02. The molecule has 6 heteroatoms. The van der Waals surface area contributed by atoms with Crippen LogP contribution in [0.15, 0.2) is 18.2 Å². The zero-order chi connectivity index (χ0) is 12.6. The van der Waals surface area contributed by atoms with Gasteiger partial charge in [0.05, 0.1) is 17.6 Å². The number of hydrogen-bond donors (Lipinski definition) is 1. The monoisotopic (exact) mass is 294 g/mol. The number of benzene rings is 1. The third-order valence-electron chi connectivity index (χ3n) is 3.01. The maximum absolute atomic E-state index is 11.4. The van der Waals surface area contributed by atoms with Crippen LogP contribution >= 0.6 is 23.2 Å². The predicted octanol–water partition coefficient (Wildman–Crippen LogP) is 2.46. The van der Waals surface area contributed by atoms with Crippen molar-refractivity contribution >= 4 is 33.0 Å². The zero-order valence-corrected chi connectivity index (χ0v) is 11.3. The second kappa shape index (κ2) is 4.76. The number of hydrogen-bond acceptors (Lipinski definition) is 3. The summed E-state index contributed by atoms with van der Waals surface area (Å²) >= 11 is 12.0. The molecule has 1 fully saturated rings. The molecule has 17 heavy (non-hydrogen) atoms. The summed E-state index contributed by atoms with van der Waals surface area (Å²) in [5.74, 6) is -0.204. The number of aliphatic hydroxyl groups excluding tert-OH is 1. The van der Waals surface area contributed by atoms with Crippen LogP contribution in [0.2, 0.25) is 10.0 Å². The lowest BCUT2D eigenvalue weighted by Crippen LogP contribution is -2.15. The summed E-state index contributed by atoms with van der Waals surface area (Å²) in [6.07, 6.45) is -0.473. The van der Waals surface area contributed by atoms with Crippen molar-refractivity contribution in [1.82, 2.24) is 0 Å². The van der Waals surface area contributed by atoms with E-state index in [1.807, 2.05) is 0 Å². The summed E-state index contributed by atoms with van der Waals surface area (Å²) in [5, 5.41) is 10.9. The molecule has 3 nitrogen and oxygen atoms in total. The molecule has 0 radical (unpaired) electrons. The van der Waals surface area contributed by atoms with Crippen molar-refractivity contribution in [2.24, 2.45) is 5.92 Å². The highest BCUT2D eigenvalue weighted by molar-refractivity contribution is 7.91. The molecule has 1 aromatic carbocycles. The average molecular weight is 295 g/mol. The largest absolute Gasteiger partial charge is 0.388 e. The minimum absolute atomic E-state index is 0.00425. The van der Waals surface area contributed by atoms with Crippen molar-refractivity contribution in [3.8, 4) is 0 Å². The van der Waals surface area contributed by atoms with Crippen LogP contribution in [-0.2, 0) is 9.84 Å². The Hall–Kier alpha value is -0.290. The van der Waals surface area contributed by atoms with Gasteiger partial charge in [-0.25, -0.2) is 8.42 Å². The van der Waals surface area contributed by atoms with E-state index < -0.39 is 15.9 Å². The first-order chi connectivity index (χ1) is 7.91. The Labute approximate surface area is 110 Å². The molecule has 0 saturated carbocycles. The molecule has 0 aliphatic carbocycles. The molecule has 0 amide bonds. The second-order valence-corrected chi connectivity index (χ2v) is 7.29. The quantitative estimate of drug-likeness (QED) is 0.912. The lowest BCUT2D eigenvalue weighted by molar-refractivity contribution is 0.121. The molecular formula is C11H12Cl2O3S. The van der Waals surface area contributed by atoms with Crippen LogP contribution in [-0.4, -0.2) is 25.0 Å². The number of aliphatic hydroxyl groups is 1. The smallest absolute Gasteiger partial charge is 0.150 e. The van der Waals surface area contributed by atoms with Crippen molar-refractivity contribution in [3.63, 3.8) is 0 Å². The Morgan fingerprint density at radius 1 is 1.29 bits per heavy atom. The highest BCUT2D eigenvalue weighted by atomic mass is 35.5. The van der Waals surface area contributed by atoms with Crippen molar-refractivity contribution in [1.29, 1.82) is 0 Å². The van der Waals surface area contributed by atoms with Gasteiger partial charge < -0.3 is 5.11 Å². The van der Waals surface area contributed by atoms with Gasteiger partial charge >= 0.3 is 0 Å². The number of halogens is 2. The first-order valence-corrected chi connectivity index (χ1v) is 7.81. The van der Waals surface area contributed by atoms with E-state index in [2.05, 4.69) is 0 Å². The fourth-order valence-electron chi connectivity index (χ4n) is 2.10. The van der Waals surface area contributed by atoms with Gasteiger partial charge in [0.1, 0.15) is 0 Å². The Bertz CT molecular complexity index is 507. The minimum atomic E-state index is -3.02. The van der Waals surface area contributed by atoms with Gasteiger partial charge in [0.15, 0.2) is 9.84 Å². The van der Waals surface area contributed by atoms with Gasteiger partial charge in [-0.2, -0.15) is 0 Å². The van der Waals surface area contributed by atoms with Crippen LogP contribution in [0.4, 0.5) is 0 Å². The molecule has 1 aromatic rings. The van der Waals surface area contributed by atoms with E-state index in [4.69, 9.17) is 23.2 Å². The van der Waals surface area contributed by atoms with Crippen molar-refractivity contribution in [2.75, 3.05) is 11.5 Å². The summed E-state index contributed by atoms with van der Waals surface area (Å²) in [4.78, 5) is 0. The standard InChI is InChI=1S/C11H12Cl2O3S/c12-8-2-1-3-9(13)10(8)11(14)7-4-5-17(15,16)6-7/h1-3,7,11,14H,4-6H2. The molecule has 0 bridgehead atoms. The van der Waals surface area contributed by atoms with Gasteiger partial charge in [-0.15, -0.1) is 0 Å². The molecular weight excluding hydrogens is 283 g/mol. The Balaban J connectivity index is 2.29. The van der Waals surface area contributed by atoms with Crippen molar-refractivity contribution < 1.29 is 13.5 Å². The van der Waals surface area contributed by atoms with E-state index in [-0.39, 0.29) is 17.4 Å². The molecule has 0 aromatic heterocycles. The molecule has 94 valence electrons. The van der Waals surface area contributed by atoms with E-state index in [9.17, 15) is 13.5 Å². The second-order valence-electron chi connectivity index (χ2n) is 4.24. The fraction of sp³-hybridized carbons (Fsp3) is 0.455. The maximum Gasteiger partial charge on any atom is 0.150 e. The zero-order valence-electron chi connectivity index (χ0n) is 8.94. The van der Waals surface area contributed by atoms with Crippen molar-refractivity contribution in [3.05, 3.63) is 33.8 Å². The lowest BCUT2D eigenvalue weighted by atomic mass is 9.95. The summed E-state index contributed by atoms with van der Waals surface area (Å²) < 4.78 is 22.7. The molecule has 1 aliphatic heterocycles. The fourth-order valence-corrected chi connectivity index (χ4v) is 4.55. The van der Waals surface area contributed by atoms with E-state index >= 15 is 0 Å². The topological polar surface area (TPSA) is 54.4 Å². The third-order valence-corrected chi connectivity index (χ3v) is 5.46. The van der Waals surface area contributed by atoms with Crippen LogP contribution in [0.1, 0.15) is 18.1 Å².